The Morgan fingerprint density at radius 1 is 1.39 bits per heavy atom. The third-order valence-corrected chi connectivity index (χ3v) is 3.89. The number of amides is 1. The quantitative estimate of drug-likeness (QED) is 0.660. The zero-order chi connectivity index (χ0) is 16.8. The van der Waals surface area contributed by atoms with Crippen molar-refractivity contribution in [3.05, 3.63) is 50.9 Å². The highest BCUT2D eigenvalue weighted by Crippen LogP contribution is 2.27. The van der Waals surface area contributed by atoms with Gasteiger partial charge in [-0.15, -0.1) is 11.3 Å². The molecule has 0 atom stereocenters. The summed E-state index contributed by atoms with van der Waals surface area (Å²) in [6.45, 7) is 3.38. The topological polar surface area (TPSA) is 68.3 Å². The van der Waals surface area contributed by atoms with E-state index in [-0.39, 0.29) is 6.61 Å². The van der Waals surface area contributed by atoms with E-state index in [1.807, 2.05) is 19.9 Å². The number of carbonyl (C=O) groups excluding carboxylic acids is 2. The summed E-state index contributed by atoms with van der Waals surface area (Å²) in [6.07, 6.45) is 4.40. The number of hydrogen-bond acceptors (Lipinski definition) is 5. The highest BCUT2D eigenvalue weighted by molar-refractivity contribution is 7.10. The number of thiazole rings is 1. The van der Waals surface area contributed by atoms with Crippen LogP contribution in [0, 0.1) is 13.8 Å². The molecule has 0 saturated carbocycles. The van der Waals surface area contributed by atoms with Gasteiger partial charge in [-0.3, -0.25) is 4.79 Å². The highest BCUT2D eigenvalue weighted by Gasteiger charge is 2.11. The minimum atomic E-state index is -0.609. The van der Waals surface area contributed by atoms with E-state index in [0.29, 0.717) is 15.7 Å². The van der Waals surface area contributed by atoms with Crippen molar-refractivity contribution in [2.45, 2.75) is 13.8 Å². The van der Waals surface area contributed by atoms with Gasteiger partial charge in [0.1, 0.15) is 5.01 Å². The van der Waals surface area contributed by atoms with Crippen molar-refractivity contribution in [2.75, 3.05) is 11.9 Å². The van der Waals surface area contributed by atoms with Crippen LogP contribution in [0.15, 0.2) is 29.8 Å². The maximum Gasteiger partial charge on any atom is 0.331 e. The Morgan fingerprint density at radius 2 is 2.17 bits per heavy atom. The Hall–Kier alpha value is -2.18. The lowest BCUT2D eigenvalue weighted by Crippen LogP contribution is -2.20. The van der Waals surface area contributed by atoms with Gasteiger partial charge in [0.15, 0.2) is 6.61 Å². The van der Waals surface area contributed by atoms with Gasteiger partial charge in [-0.25, -0.2) is 9.78 Å². The number of hydrogen-bond donors (Lipinski definition) is 1. The predicted molar refractivity (Wildman–Crippen MR) is 91.7 cm³/mol. The zero-order valence-electron chi connectivity index (χ0n) is 12.6. The van der Waals surface area contributed by atoms with Crippen molar-refractivity contribution in [1.29, 1.82) is 0 Å². The molecule has 1 aromatic carbocycles. The number of anilines is 1. The summed E-state index contributed by atoms with van der Waals surface area (Å²) in [5.41, 5.74) is 2.37. The second-order valence-corrected chi connectivity index (χ2v) is 6.13. The fraction of sp³-hybridized carbons (Fsp3) is 0.188. The molecule has 120 valence electrons. The molecule has 0 unspecified atom stereocenters. The number of aromatic nitrogens is 1. The van der Waals surface area contributed by atoms with Crippen LogP contribution >= 0.6 is 22.9 Å². The molecule has 5 nitrogen and oxygen atoms in total. The molecule has 1 N–H and O–H groups in total. The van der Waals surface area contributed by atoms with Gasteiger partial charge in [-0.2, -0.15) is 0 Å². The molecule has 0 spiro atoms. The van der Waals surface area contributed by atoms with Crippen LogP contribution in [0.3, 0.4) is 0 Å². The first kappa shape index (κ1) is 17.2. The van der Waals surface area contributed by atoms with E-state index in [1.54, 1.807) is 17.6 Å². The molecule has 7 heteroatoms. The number of aryl methyl sites for hydroxylation is 2. The molecule has 0 aliphatic carbocycles. The minimum Gasteiger partial charge on any atom is -0.452 e. The monoisotopic (exact) mass is 350 g/mol. The van der Waals surface area contributed by atoms with Crippen LogP contribution in [-0.2, 0) is 14.3 Å². The van der Waals surface area contributed by atoms with Crippen LogP contribution in [0.5, 0.6) is 0 Å². The molecule has 0 radical (unpaired) electrons. The maximum atomic E-state index is 11.9. The number of benzene rings is 1. The van der Waals surface area contributed by atoms with Crippen LogP contribution in [0.2, 0.25) is 5.02 Å². The number of halogens is 1. The average Bonchev–Trinajstić information content (AvgIpc) is 3.00. The Morgan fingerprint density at radius 3 is 2.83 bits per heavy atom. The first-order chi connectivity index (χ1) is 11.0. The van der Waals surface area contributed by atoms with Crippen molar-refractivity contribution in [1.82, 2.24) is 4.98 Å². The van der Waals surface area contributed by atoms with Crippen molar-refractivity contribution < 1.29 is 14.3 Å². The standard InChI is InChI=1S/C16H15ClN2O3S/c1-10-7-11(2)16(12(17)8-10)19-13(20)9-22-15(21)4-3-14-18-5-6-23-14/h3-8H,9H2,1-2H3,(H,19,20). The lowest BCUT2D eigenvalue weighted by atomic mass is 10.1. The number of nitrogens with zero attached hydrogens (tertiary/aromatic N) is 1. The van der Waals surface area contributed by atoms with Gasteiger partial charge in [0.25, 0.3) is 5.91 Å². The van der Waals surface area contributed by atoms with Gasteiger partial charge in [0, 0.05) is 17.7 Å². The summed E-state index contributed by atoms with van der Waals surface area (Å²) in [5.74, 6) is -1.06. The van der Waals surface area contributed by atoms with Crippen molar-refractivity contribution in [2.24, 2.45) is 0 Å². The smallest absolute Gasteiger partial charge is 0.331 e. The highest BCUT2D eigenvalue weighted by atomic mass is 35.5. The molecule has 1 amide bonds. The first-order valence-corrected chi connectivity index (χ1v) is 8.02. The fourth-order valence-corrected chi connectivity index (χ4v) is 2.79. The third-order valence-electron chi connectivity index (χ3n) is 2.86. The first-order valence-electron chi connectivity index (χ1n) is 6.76. The summed E-state index contributed by atoms with van der Waals surface area (Å²) >= 11 is 7.50. The Labute approximate surface area is 143 Å². The molecule has 1 aromatic heterocycles. The number of carbonyl (C=O) groups is 2. The lowest BCUT2D eigenvalue weighted by Gasteiger charge is -2.11. The summed E-state index contributed by atoms with van der Waals surface area (Å²) in [6, 6.07) is 3.66. The van der Waals surface area contributed by atoms with Gasteiger partial charge in [0.2, 0.25) is 0 Å². The third kappa shape index (κ3) is 5.19. The van der Waals surface area contributed by atoms with Gasteiger partial charge in [-0.1, -0.05) is 17.7 Å². The van der Waals surface area contributed by atoms with Crippen LogP contribution in [0.4, 0.5) is 5.69 Å². The molecular formula is C16H15ClN2O3S. The number of rotatable bonds is 5. The maximum absolute atomic E-state index is 11.9. The second kappa shape index (κ2) is 7.89. The SMILES string of the molecule is Cc1cc(C)c(NC(=O)COC(=O)C=Cc2nccs2)c(Cl)c1. The molecule has 1 heterocycles. The van der Waals surface area contributed by atoms with E-state index in [1.165, 1.54) is 23.5 Å². The predicted octanol–water partition coefficient (Wildman–Crippen LogP) is 3.61. The number of esters is 1. The van der Waals surface area contributed by atoms with Crippen LogP contribution in [0.25, 0.3) is 6.08 Å². The van der Waals surface area contributed by atoms with Gasteiger partial charge in [0.05, 0.1) is 10.7 Å². The second-order valence-electron chi connectivity index (χ2n) is 4.80. The molecule has 23 heavy (non-hydrogen) atoms. The molecule has 2 aromatic rings. The van der Waals surface area contributed by atoms with Gasteiger partial charge < -0.3 is 10.1 Å². The molecular weight excluding hydrogens is 336 g/mol. The van der Waals surface area contributed by atoms with E-state index >= 15 is 0 Å². The zero-order valence-corrected chi connectivity index (χ0v) is 14.2. The Bertz CT molecular complexity index is 719. The van der Waals surface area contributed by atoms with Crippen LogP contribution in [0.1, 0.15) is 16.1 Å². The number of ether oxygens (including phenoxy) is 1. The van der Waals surface area contributed by atoms with Gasteiger partial charge >= 0.3 is 5.97 Å². The average molecular weight is 351 g/mol. The largest absolute Gasteiger partial charge is 0.452 e. The molecule has 0 fully saturated rings. The Balaban J connectivity index is 1.87. The summed E-state index contributed by atoms with van der Waals surface area (Å²) < 4.78 is 4.87. The van der Waals surface area contributed by atoms with E-state index in [4.69, 9.17) is 16.3 Å². The van der Waals surface area contributed by atoms with E-state index in [0.717, 1.165) is 11.1 Å². The van der Waals surface area contributed by atoms with Crippen LogP contribution in [-0.4, -0.2) is 23.5 Å². The number of nitrogens with one attached hydrogen (secondary N) is 1. The van der Waals surface area contributed by atoms with Gasteiger partial charge in [-0.05, 0) is 37.1 Å². The van der Waals surface area contributed by atoms with E-state index in [9.17, 15) is 9.59 Å². The van der Waals surface area contributed by atoms with Crippen molar-refractivity contribution in [3.63, 3.8) is 0 Å². The molecule has 0 aliphatic rings. The van der Waals surface area contributed by atoms with E-state index < -0.39 is 11.9 Å². The summed E-state index contributed by atoms with van der Waals surface area (Å²) in [4.78, 5) is 27.4. The minimum absolute atomic E-state index is 0.384. The molecule has 0 saturated heterocycles. The normalized spacial score (nSPS) is 10.7. The lowest BCUT2D eigenvalue weighted by molar-refractivity contribution is -0.142. The van der Waals surface area contributed by atoms with E-state index in [2.05, 4.69) is 10.3 Å². The van der Waals surface area contributed by atoms with Crippen molar-refractivity contribution in [3.8, 4) is 0 Å². The molecule has 0 aliphatic heterocycles. The fourth-order valence-electron chi connectivity index (χ4n) is 1.89. The van der Waals surface area contributed by atoms with Crippen LogP contribution < -0.4 is 5.32 Å². The summed E-state index contributed by atoms with van der Waals surface area (Å²) in [5, 5.41) is 5.58. The van der Waals surface area contributed by atoms with Crippen molar-refractivity contribution >= 4 is 46.6 Å². The Kier molecular flexibility index (Phi) is 5.90. The summed E-state index contributed by atoms with van der Waals surface area (Å²) in [7, 11) is 0. The molecule has 0 bridgehead atoms. The molecule has 2 rings (SSSR count).